The number of primary amides is 1. The number of carbonyl (C=O) groups is 2. The first-order valence-electron chi connectivity index (χ1n) is 7.75. The van der Waals surface area contributed by atoms with E-state index in [4.69, 9.17) is 15.9 Å². The Morgan fingerprint density at radius 2 is 2.20 bits per heavy atom. The van der Waals surface area contributed by atoms with Crippen LogP contribution in [0.15, 0.2) is 28.7 Å². The topological polar surface area (TPSA) is 115 Å². The maximum absolute atomic E-state index is 12.2. The lowest BCUT2D eigenvalue weighted by molar-refractivity contribution is -0.131. The maximum atomic E-state index is 12.2. The summed E-state index contributed by atoms with van der Waals surface area (Å²) in [6, 6.07) is 7.13. The van der Waals surface area contributed by atoms with Gasteiger partial charge in [-0.1, -0.05) is 17.9 Å². The van der Waals surface area contributed by atoms with Crippen molar-refractivity contribution in [3.05, 3.63) is 35.5 Å². The van der Waals surface area contributed by atoms with Gasteiger partial charge in [-0.05, 0) is 31.5 Å². The van der Waals surface area contributed by atoms with Gasteiger partial charge in [0.15, 0.2) is 5.69 Å². The van der Waals surface area contributed by atoms with Crippen molar-refractivity contribution in [2.75, 3.05) is 19.3 Å². The number of nitrogens with zero attached hydrogens (tertiary/aromatic N) is 2. The van der Waals surface area contributed by atoms with Crippen molar-refractivity contribution in [1.82, 2.24) is 9.88 Å². The molecule has 1 aromatic carbocycles. The van der Waals surface area contributed by atoms with Crippen LogP contribution in [0.4, 0.5) is 5.88 Å². The molecule has 1 aliphatic heterocycles. The van der Waals surface area contributed by atoms with Crippen molar-refractivity contribution in [1.29, 1.82) is 0 Å². The Labute approximate surface area is 145 Å². The molecular formula is C18H18N4O3. The van der Waals surface area contributed by atoms with Crippen LogP contribution in [0.2, 0.25) is 0 Å². The normalized spacial score (nSPS) is 19.6. The summed E-state index contributed by atoms with van der Waals surface area (Å²) in [5, 5.41) is 0. The minimum Gasteiger partial charge on any atom is -0.420 e. The summed E-state index contributed by atoms with van der Waals surface area (Å²) in [6.45, 7) is 2.55. The number of hydrogen-bond acceptors (Lipinski definition) is 5. The average molecular weight is 338 g/mol. The van der Waals surface area contributed by atoms with Crippen LogP contribution in [0.5, 0.6) is 0 Å². The maximum Gasteiger partial charge on any atom is 0.273 e. The SMILES string of the molecule is CN1CC[C@@](C)(C#Cc2cccc(-c3nc(C(N)=O)c(N)o3)c2)C1=O. The first-order chi connectivity index (χ1) is 11.8. The zero-order valence-electron chi connectivity index (χ0n) is 14.0. The zero-order valence-corrected chi connectivity index (χ0v) is 14.0. The summed E-state index contributed by atoms with van der Waals surface area (Å²) in [5.41, 5.74) is 11.4. The molecule has 0 bridgehead atoms. The highest BCUT2D eigenvalue weighted by Gasteiger charge is 2.39. The molecule has 1 atom stereocenters. The molecule has 1 saturated heterocycles. The molecule has 7 heteroatoms. The number of aromatic nitrogens is 1. The molecular weight excluding hydrogens is 320 g/mol. The van der Waals surface area contributed by atoms with Crippen LogP contribution < -0.4 is 11.5 Å². The third kappa shape index (κ3) is 3.06. The molecule has 1 aromatic heterocycles. The second-order valence-electron chi connectivity index (χ2n) is 6.24. The molecule has 7 nitrogen and oxygen atoms in total. The number of carbonyl (C=O) groups excluding carboxylic acids is 2. The van der Waals surface area contributed by atoms with E-state index in [9.17, 15) is 9.59 Å². The Balaban J connectivity index is 1.91. The Kier molecular flexibility index (Phi) is 3.97. The smallest absolute Gasteiger partial charge is 0.273 e. The molecule has 0 spiro atoms. The van der Waals surface area contributed by atoms with Crippen molar-refractivity contribution in [3.8, 4) is 23.3 Å². The molecule has 4 N–H and O–H groups in total. The van der Waals surface area contributed by atoms with Gasteiger partial charge in [-0.3, -0.25) is 9.59 Å². The third-order valence-electron chi connectivity index (χ3n) is 4.24. The standard InChI is InChI=1S/C18H18N4O3/c1-18(8-9-22(2)17(18)24)7-6-11-4-3-5-12(10-11)16-21-13(14(19)23)15(20)25-16/h3-5,10H,8-9,20H2,1-2H3,(H2,19,23)/t18-/m1/s1. The summed E-state index contributed by atoms with van der Waals surface area (Å²) < 4.78 is 5.30. The minimum atomic E-state index is -0.750. The number of anilines is 1. The first-order valence-corrected chi connectivity index (χ1v) is 7.75. The highest BCUT2D eigenvalue weighted by atomic mass is 16.4. The number of nitrogen functional groups attached to an aromatic ring is 1. The van der Waals surface area contributed by atoms with Crippen molar-refractivity contribution in [3.63, 3.8) is 0 Å². The van der Waals surface area contributed by atoms with E-state index < -0.39 is 11.3 Å². The second-order valence-corrected chi connectivity index (χ2v) is 6.24. The average Bonchev–Trinajstić information content (AvgIpc) is 3.10. The van der Waals surface area contributed by atoms with Gasteiger partial charge in [0, 0.05) is 24.7 Å². The van der Waals surface area contributed by atoms with Crippen LogP contribution in [-0.2, 0) is 4.79 Å². The Morgan fingerprint density at radius 1 is 1.44 bits per heavy atom. The van der Waals surface area contributed by atoms with E-state index in [0.717, 1.165) is 0 Å². The minimum absolute atomic E-state index is 0.0303. The third-order valence-corrected chi connectivity index (χ3v) is 4.24. The van der Waals surface area contributed by atoms with Crippen molar-refractivity contribution in [2.45, 2.75) is 13.3 Å². The number of oxazole rings is 1. The van der Waals surface area contributed by atoms with E-state index in [1.54, 1.807) is 30.1 Å². The summed E-state index contributed by atoms with van der Waals surface area (Å²) in [7, 11) is 1.78. The molecule has 25 heavy (non-hydrogen) atoms. The quantitative estimate of drug-likeness (QED) is 0.799. The first kappa shape index (κ1) is 16.6. The molecule has 1 fully saturated rings. The van der Waals surface area contributed by atoms with E-state index in [2.05, 4.69) is 16.8 Å². The number of nitrogens with two attached hydrogens (primary N) is 2. The summed E-state index contributed by atoms with van der Waals surface area (Å²) >= 11 is 0. The van der Waals surface area contributed by atoms with E-state index in [0.29, 0.717) is 24.1 Å². The zero-order chi connectivity index (χ0) is 18.2. The van der Waals surface area contributed by atoms with E-state index >= 15 is 0 Å². The summed E-state index contributed by atoms with van der Waals surface area (Å²) in [5.74, 6) is 5.47. The van der Waals surface area contributed by atoms with E-state index in [-0.39, 0.29) is 23.4 Å². The Morgan fingerprint density at radius 3 is 2.80 bits per heavy atom. The molecule has 2 aromatic rings. The molecule has 2 heterocycles. The number of likely N-dealkylation sites (tertiary alicyclic amines) is 1. The summed E-state index contributed by atoms with van der Waals surface area (Å²) in [4.78, 5) is 29.1. The molecule has 1 aliphatic rings. The molecule has 0 unspecified atom stereocenters. The van der Waals surface area contributed by atoms with Gasteiger partial charge in [-0.25, -0.2) is 4.98 Å². The van der Waals surface area contributed by atoms with Crippen molar-refractivity contribution >= 4 is 17.7 Å². The van der Waals surface area contributed by atoms with Crippen LogP contribution in [-0.4, -0.2) is 35.3 Å². The Bertz CT molecular complexity index is 922. The number of hydrogen-bond donors (Lipinski definition) is 2. The number of benzene rings is 1. The van der Waals surface area contributed by atoms with Gasteiger partial charge in [0.1, 0.15) is 5.41 Å². The predicted octanol–water partition coefficient (Wildman–Crippen LogP) is 1.24. The van der Waals surface area contributed by atoms with Crippen LogP contribution in [0.3, 0.4) is 0 Å². The molecule has 3 rings (SSSR count). The van der Waals surface area contributed by atoms with Gasteiger partial charge in [-0.2, -0.15) is 0 Å². The van der Waals surface area contributed by atoms with Gasteiger partial charge in [0.2, 0.25) is 17.7 Å². The molecule has 128 valence electrons. The van der Waals surface area contributed by atoms with E-state index in [1.807, 2.05) is 13.0 Å². The van der Waals surface area contributed by atoms with Gasteiger partial charge in [0.05, 0.1) is 0 Å². The van der Waals surface area contributed by atoms with Crippen molar-refractivity contribution in [2.24, 2.45) is 11.1 Å². The van der Waals surface area contributed by atoms with Gasteiger partial charge >= 0.3 is 0 Å². The lowest BCUT2D eigenvalue weighted by atomic mass is 9.89. The Hall–Kier alpha value is -3.27. The van der Waals surface area contributed by atoms with Gasteiger partial charge in [0.25, 0.3) is 5.91 Å². The fourth-order valence-electron chi connectivity index (χ4n) is 2.71. The van der Waals surface area contributed by atoms with Crippen molar-refractivity contribution < 1.29 is 14.0 Å². The fourth-order valence-corrected chi connectivity index (χ4v) is 2.71. The van der Waals surface area contributed by atoms with Gasteiger partial charge in [-0.15, -0.1) is 0 Å². The number of rotatable bonds is 2. The monoisotopic (exact) mass is 338 g/mol. The highest BCUT2D eigenvalue weighted by molar-refractivity contribution is 5.95. The number of amides is 2. The molecule has 2 amide bonds. The van der Waals surface area contributed by atoms with Crippen LogP contribution in [0.25, 0.3) is 11.5 Å². The fraction of sp³-hybridized carbons (Fsp3) is 0.278. The largest absolute Gasteiger partial charge is 0.420 e. The molecule has 0 aliphatic carbocycles. The highest BCUT2D eigenvalue weighted by Crippen LogP contribution is 2.30. The van der Waals surface area contributed by atoms with Crippen LogP contribution in [0, 0.1) is 17.3 Å². The van der Waals surface area contributed by atoms with Crippen LogP contribution in [0.1, 0.15) is 29.4 Å². The lowest BCUT2D eigenvalue weighted by Crippen LogP contribution is -2.28. The second kappa shape index (κ2) is 5.98. The molecule has 0 radical (unpaired) electrons. The van der Waals surface area contributed by atoms with Crippen LogP contribution >= 0.6 is 0 Å². The van der Waals surface area contributed by atoms with Gasteiger partial charge < -0.3 is 20.8 Å². The summed E-state index contributed by atoms with van der Waals surface area (Å²) in [6.07, 6.45) is 0.702. The van der Waals surface area contributed by atoms with E-state index in [1.165, 1.54) is 0 Å². The predicted molar refractivity (Wildman–Crippen MR) is 92.1 cm³/mol. The lowest BCUT2D eigenvalue weighted by Gasteiger charge is -2.14. The molecule has 0 saturated carbocycles.